The van der Waals surface area contributed by atoms with Gasteiger partial charge in [0.15, 0.2) is 0 Å². The molecule has 0 aliphatic heterocycles. The first-order valence-corrected chi connectivity index (χ1v) is 11.1. The molecule has 0 aromatic heterocycles. The lowest BCUT2D eigenvalue weighted by Crippen LogP contribution is -2.48. The molecular weight excluding hydrogens is 493 g/mol. The third-order valence-corrected chi connectivity index (χ3v) is 5.04. The molecule has 0 radical (unpaired) electrons. The Bertz CT molecular complexity index is 1170. The lowest BCUT2D eigenvalue weighted by atomic mass is 10.0. The fourth-order valence-electron chi connectivity index (χ4n) is 3.27. The lowest BCUT2D eigenvalue weighted by molar-refractivity contribution is -0.274. The van der Waals surface area contributed by atoms with Gasteiger partial charge < -0.3 is 30.0 Å². The molecule has 3 aromatic rings. The SMILES string of the molecule is COc1ccc(Oc2ccc(C(=O)NC(Cc3ccc(OC(F)(F)F)cc3)C(=O)NCCO)cc2)cc1. The first-order valence-electron chi connectivity index (χ1n) is 11.1. The monoisotopic (exact) mass is 518 g/mol. The van der Waals surface area contributed by atoms with E-state index in [0.717, 1.165) is 12.1 Å². The van der Waals surface area contributed by atoms with E-state index in [0.29, 0.717) is 22.8 Å². The Morgan fingerprint density at radius 3 is 1.95 bits per heavy atom. The zero-order valence-electron chi connectivity index (χ0n) is 19.7. The number of amides is 2. The van der Waals surface area contributed by atoms with Crippen LogP contribution in [0.4, 0.5) is 13.2 Å². The molecule has 37 heavy (non-hydrogen) atoms. The number of nitrogens with one attached hydrogen (secondary N) is 2. The summed E-state index contributed by atoms with van der Waals surface area (Å²) >= 11 is 0. The number of ether oxygens (including phenoxy) is 3. The van der Waals surface area contributed by atoms with E-state index in [-0.39, 0.29) is 25.1 Å². The number of aliphatic hydroxyl groups is 1. The van der Waals surface area contributed by atoms with E-state index < -0.39 is 30.0 Å². The van der Waals surface area contributed by atoms with E-state index >= 15 is 0 Å². The van der Waals surface area contributed by atoms with Gasteiger partial charge in [-0.25, -0.2) is 0 Å². The van der Waals surface area contributed by atoms with Crippen molar-refractivity contribution in [1.82, 2.24) is 10.6 Å². The summed E-state index contributed by atoms with van der Waals surface area (Å²) in [5.41, 5.74) is 0.748. The number of alkyl halides is 3. The maximum Gasteiger partial charge on any atom is 0.573 e. The highest BCUT2D eigenvalue weighted by atomic mass is 19.4. The Morgan fingerprint density at radius 1 is 0.865 bits per heavy atom. The molecule has 3 N–H and O–H groups in total. The van der Waals surface area contributed by atoms with Gasteiger partial charge >= 0.3 is 6.36 Å². The lowest BCUT2D eigenvalue weighted by Gasteiger charge is -2.19. The average molecular weight is 518 g/mol. The van der Waals surface area contributed by atoms with Crippen molar-refractivity contribution in [2.45, 2.75) is 18.8 Å². The third kappa shape index (κ3) is 8.73. The van der Waals surface area contributed by atoms with Gasteiger partial charge in [-0.1, -0.05) is 12.1 Å². The van der Waals surface area contributed by atoms with E-state index in [2.05, 4.69) is 15.4 Å². The molecule has 0 aliphatic carbocycles. The standard InChI is InChI=1S/C26H25F3N2O6/c1-35-19-10-12-21(13-11-19)36-20-8-4-18(5-9-20)24(33)31-23(25(34)30-14-15-32)16-17-2-6-22(7-3-17)37-26(27,28)29/h2-13,23,32H,14-16H2,1H3,(H,30,34)(H,31,33). The Balaban J connectivity index is 1.67. The van der Waals surface area contributed by atoms with Crippen LogP contribution in [0.1, 0.15) is 15.9 Å². The van der Waals surface area contributed by atoms with Crippen LogP contribution in [-0.4, -0.2) is 49.6 Å². The molecule has 3 aromatic carbocycles. The van der Waals surface area contributed by atoms with Gasteiger partial charge in [-0.15, -0.1) is 13.2 Å². The quantitative estimate of drug-likeness (QED) is 0.356. The van der Waals surface area contributed by atoms with Crippen LogP contribution in [0.25, 0.3) is 0 Å². The van der Waals surface area contributed by atoms with E-state index in [1.807, 2.05) is 0 Å². The van der Waals surface area contributed by atoms with Crippen LogP contribution >= 0.6 is 0 Å². The molecule has 11 heteroatoms. The van der Waals surface area contributed by atoms with Gasteiger partial charge in [0.2, 0.25) is 5.91 Å². The summed E-state index contributed by atoms with van der Waals surface area (Å²) in [6.45, 7) is -0.327. The smallest absolute Gasteiger partial charge is 0.497 e. The molecule has 0 saturated heterocycles. The molecular formula is C26H25F3N2O6. The van der Waals surface area contributed by atoms with Gasteiger partial charge in [-0.3, -0.25) is 9.59 Å². The Hall–Kier alpha value is -4.25. The predicted molar refractivity (Wildman–Crippen MR) is 128 cm³/mol. The second-order valence-corrected chi connectivity index (χ2v) is 7.74. The van der Waals surface area contributed by atoms with Crippen molar-refractivity contribution in [3.8, 4) is 23.0 Å². The first-order chi connectivity index (χ1) is 17.7. The number of benzene rings is 3. The number of methoxy groups -OCH3 is 1. The van der Waals surface area contributed by atoms with Crippen LogP contribution in [0.3, 0.4) is 0 Å². The van der Waals surface area contributed by atoms with Crippen LogP contribution in [0, 0.1) is 0 Å². The van der Waals surface area contributed by atoms with Crippen molar-refractivity contribution in [3.63, 3.8) is 0 Å². The van der Waals surface area contributed by atoms with Crippen molar-refractivity contribution in [2.24, 2.45) is 0 Å². The molecule has 0 bridgehead atoms. The van der Waals surface area contributed by atoms with Gasteiger partial charge in [-0.05, 0) is 66.2 Å². The average Bonchev–Trinajstić information content (AvgIpc) is 2.88. The number of halogens is 3. The van der Waals surface area contributed by atoms with E-state index in [4.69, 9.17) is 14.6 Å². The Labute approximate surface area is 211 Å². The fourth-order valence-corrected chi connectivity index (χ4v) is 3.27. The van der Waals surface area contributed by atoms with Gasteiger partial charge in [0.1, 0.15) is 29.0 Å². The molecule has 196 valence electrons. The van der Waals surface area contributed by atoms with Gasteiger partial charge in [0, 0.05) is 18.5 Å². The summed E-state index contributed by atoms with van der Waals surface area (Å²) < 4.78 is 51.9. The molecule has 0 heterocycles. The van der Waals surface area contributed by atoms with E-state index in [1.54, 1.807) is 43.5 Å². The zero-order valence-corrected chi connectivity index (χ0v) is 19.7. The summed E-state index contributed by atoms with van der Waals surface area (Å²) in [5.74, 6) is 0.237. The third-order valence-electron chi connectivity index (χ3n) is 5.04. The largest absolute Gasteiger partial charge is 0.573 e. The molecule has 8 nitrogen and oxygen atoms in total. The topological polar surface area (TPSA) is 106 Å². The number of hydrogen-bond donors (Lipinski definition) is 3. The van der Waals surface area contributed by atoms with Crippen LogP contribution in [0.5, 0.6) is 23.0 Å². The van der Waals surface area contributed by atoms with Crippen LogP contribution in [-0.2, 0) is 11.2 Å². The first kappa shape index (κ1) is 27.3. The second-order valence-electron chi connectivity index (χ2n) is 7.74. The maximum absolute atomic E-state index is 12.8. The number of hydrogen-bond acceptors (Lipinski definition) is 6. The number of aliphatic hydroxyl groups excluding tert-OH is 1. The molecule has 1 atom stereocenters. The minimum atomic E-state index is -4.82. The predicted octanol–water partition coefficient (Wildman–Crippen LogP) is 3.84. The molecule has 0 saturated carbocycles. The molecule has 0 fully saturated rings. The highest BCUT2D eigenvalue weighted by Gasteiger charge is 2.31. The maximum atomic E-state index is 12.8. The molecule has 1 unspecified atom stereocenters. The van der Waals surface area contributed by atoms with Gasteiger partial charge in [0.05, 0.1) is 13.7 Å². The van der Waals surface area contributed by atoms with Crippen molar-refractivity contribution in [1.29, 1.82) is 0 Å². The normalized spacial score (nSPS) is 11.8. The minimum Gasteiger partial charge on any atom is -0.497 e. The summed E-state index contributed by atoms with van der Waals surface area (Å²) in [6, 6.07) is 17.1. The molecule has 0 aliphatic rings. The minimum absolute atomic E-state index is 0.00599. The van der Waals surface area contributed by atoms with Gasteiger partial charge in [-0.2, -0.15) is 0 Å². The van der Waals surface area contributed by atoms with Crippen LogP contribution in [0.15, 0.2) is 72.8 Å². The molecule has 2 amide bonds. The van der Waals surface area contributed by atoms with E-state index in [1.165, 1.54) is 24.3 Å². The highest BCUT2D eigenvalue weighted by Crippen LogP contribution is 2.25. The summed E-state index contributed by atoms with van der Waals surface area (Å²) in [7, 11) is 1.56. The van der Waals surface area contributed by atoms with Gasteiger partial charge in [0.25, 0.3) is 5.91 Å². The molecule has 3 rings (SSSR count). The van der Waals surface area contributed by atoms with Crippen molar-refractivity contribution in [2.75, 3.05) is 20.3 Å². The summed E-state index contributed by atoms with van der Waals surface area (Å²) in [4.78, 5) is 25.4. The fraction of sp³-hybridized carbons (Fsp3) is 0.231. The number of rotatable bonds is 11. The Kier molecular flexibility index (Phi) is 9.33. The number of carbonyl (C=O) groups excluding carboxylic acids is 2. The molecule has 0 spiro atoms. The summed E-state index contributed by atoms with van der Waals surface area (Å²) in [5, 5.41) is 14.1. The van der Waals surface area contributed by atoms with Crippen LogP contribution in [0.2, 0.25) is 0 Å². The van der Waals surface area contributed by atoms with Crippen LogP contribution < -0.4 is 24.8 Å². The van der Waals surface area contributed by atoms with Crippen molar-refractivity contribution in [3.05, 3.63) is 83.9 Å². The summed E-state index contributed by atoms with van der Waals surface area (Å²) in [6.07, 6.45) is -4.83. The van der Waals surface area contributed by atoms with Crippen molar-refractivity contribution >= 4 is 11.8 Å². The highest BCUT2D eigenvalue weighted by molar-refractivity contribution is 5.97. The Morgan fingerprint density at radius 2 is 1.41 bits per heavy atom. The second kappa shape index (κ2) is 12.6. The van der Waals surface area contributed by atoms with E-state index in [9.17, 15) is 22.8 Å². The zero-order chi connectivity index (χ0) is 26.8. The van der Waals surface area contributed by atoms with Crippen molar-refractivity contribution < 1.29 is 42.1 Å². The number of carbonyl (C=O) groups is 2.